The van der Waals surface area contributed by atoms with Crippen molar-refractivity contribution < 1.29 is 72.0 Å². The number of alkyl halides is 2. The number of aliphatic imine (C=N–C) groups is 2. The number of pyridine rings is 1. The summed E-state index contributed by atoms with van der Waals surface area (Å²) in [4.78, 5) is 141. The van der Waals surface area contributed by atoms with E-state index >= 15 is 0 Å². The highest BCUT2D eigenvalue weighted by atomic mass is 127. The second-order valence-electron chi connectivity index (χ2n) is 23.6. The Labute approximate surface area is 554 Å². The number of aliphatic carboxylic acids is 3. The van der Waals surface area contributed by atoms with E-state index in [1.54, 1.807) is 56.5 Å². The van der Waals surface area contributed by atoms with Gasteiger partial charge < -0.3 is 51.1 Å². The molecule has 3 fully saturated rings. The molecule has 0 radical (unpaired) electrons. The number of fused-ring (bicyclic) bond motifs is 1. The summed E-state index contributed by atoms with van der Waals surface area (Å²) in [5.41, 5.74) is 1.90. The number of aromatic nitrogens is 1. The quantitative estimate of drug-likeness (QED) is 0.0210. The van der Waals surface area contributed by atoms with Gasteiger partial charge in [0.05, 0.1) is 68.8 Å². The van der Waals surface area contributed by atoms with Gasteiger partial charge in [-0.3, -0.25) is 82.6 Å². The molecular formula is C63H89F2IN14O13. The molecule has 3 aliphatic heterocycles. The van der Waals surface area contributed by atoms with Gasteiger partial charge in [-0.2, -0.15) is 0 Å². The van der Waals surface area contributed by atoms with Gasteiger partial charge in [-0.15, -0.1) is 0 Å². The normalized spacial score (nSPS) is 18.3. The van der Waals surface area contributed by atoms with E-state index in [2.05, 4.69) is 63.7 Å². The van der Waals surface area contributed by atoms with Crippen LogP contribution in [0.1, 0.15) is 81.1 Å². The summed E-state index contributed by atoms with van der Waals surface area (Å²) < 4.78 is 35.5. The number of unbranched alkanes of at least 4 members (excludes halogenated alkanes) is 2. The molecule has 3 aliphatic rings. The van der Waals surface area contributed by atoms with Gasteiger partial charge in [-0.25, -0.2) is 8.78 Å². The first-order valence-electron chi connectivity index (χ1n) is 31.5. The summed E-state index contributed by atoms with van der Waals surface area (Å²) >= 11 is 2.25. The highest BCUT2D eigenvalue weighted by Crippen LogP contribution is 2.31. The highest BCUT2D eigenvalue weighted by molar-refractivity contribution is 14.1. The number of carbonyl (C=O) groups excluding carboxylic acids is 6. The number of carboxylic acid groups (broad SMARTS) is 3. The highest BCUT2D eigenvalue weighted by Gasteiger charge is 2.46. The lowest BCUT2D eigenvalue weighted by Crippen LogP contribution is -2.57. The molecule has 6 amide bonds. The van der Waals surface area contributed by atoms with Gasteiger partial charge in [-0.1, -0.05) is 12.1 Å². The molecule has 1 aromatic heterocycles. The Morgan fingerprint density at radius 3 is 1.95 bits per heavy atom. The third-order valence-corrected chi connectivity index (χ3v) is 17.0. The largest absolute Gasteiger partial charge is 0.494 e. The van der Waals surface area contributed by atoms with Crippen LogP contribution in [0.3, 0.4) is 0 Å². The van der Waals surface area contributed by atoms with E-state index in [0.717, 1.165) is 33.4 Å². The molecule has 27 nitrogen and oxygen atoms in total. The van der Waals surface area contributed by atoms with Gasteiger partial charge in [0.2, 0.25) is 29.5 Å². The minimum atomic E-state index is -3.06. The number of benzene rings is 2. The number of rotatable bonds is 31. The summed E-state index contributed by atoms with van der Waals surface area (Å²) in [6.45, 7) is 5.75. The minimum Gasteiger partial charge on any atom is -0.494 e. The van der Waals surface area contributed by atoms with Crippen molar-refractivity contribution in [2.45, 2.75) is 95.7 Å². The van der Waals surface area contributed by atoms with E-state index in [1.807, 2.05) is 24.3 Å². The van der Waals surface area contributed by atoms with Gasteiger partial charge >= 0.3 is 17.9 Å². The van der Waals surface area contributed by atoms with E-state index in [9.17, 15) is 67.3 Å². The number of amidine groups is 1. The van der Waals surface area contributed by atoms with Crippen LogP contribution < -0.4 is 26.0 Å². The SMILES string of the molecule is CN=C[C@H]1CC(F)(F)CN1C(=O)CNC(=O)c1ccnc2ccc(OCCCCN3CCN(C(=O)[C@H](C)NC(=O)[C@H](CCCCN=C(C)NC(=O)CCCc4ccc(I)cc4)NC(=O)CN4CCN(CC(=O)O)CCN(CC(=O)O)CCN(CC(=O)O)CC4)CC3)cc12. The molecule has 3 atom stereocenters. The number of carboxylic acids is 3. The number of hydrogen-bond donors (Lipinski definition) is 7. The van der Waals surface area contributed by atoms with Crippen LogP contribution in [0.15, 0.2) is 64.7 Å². The average Bonchev–Trinajstić information content (AvgIpc) is 0.945. The van der Waals surface area contributed by atoms with Crippen molar-refractivity contribution in [2.75, 3.05) is 145 Å². The zero-order chi connectivity index (χ0) is 67.5. The van der Waals surface area contributed by atoms with Crippen molar-refractivity contribution in [1.29, 1.82) is 0 Å². The van der Waals surface area contributed by atoms with Crippen molar-refractivity contribution in [2.24, 2.45) is 9.98 Å². The number of ether oxygens (including phenoxy) is 1. The number of nitrogens with one attached hydrogen (secondary N) is 4. The second-order valence-corrected chi connectivity index (χ2v) is 24.9. The van der Waals surface area contributed by atoms with Gasteiger partial charge in [0.1, 0.15) is 17.8 Å². The average molecular weight is 1420 g/mol. The lowest BCUT2D eigenvalue weighted by atomic mass is 10.1. The van der Waals surface area contributed by atoms with Gasteiger partial charge in [0, 0.05) is 126 Å². The first-order chi connectivity index (χ1) is 44.4. The maximum absolute atomic E-state index is 14.2. The summed E-state index contributed by atoms with van der Waals surface area (Å²) in [7, 11) is 1.44. The van der Waals surface area contributed by atoms with Crippen molar-refractivity contribution in [3.8, 4) is 5.75 Å². The van der Waals surface area contributed by atoms with E-state index < -0.39 is 85.1 Å². The Morgan fingerprint density at radius 2 is 1.34 bits per heavy atom. The number of amides is 6. The summed E-state index contributed by atoms with van der Waals surface area (Å²) in [6.07, 6.45) is 6.52. The summed E-state index contributed by atoms with van der Waals surface area (Å²) in [5, 5.41) is 40.5. The molecule has 30 heteroatoms. The Hall–Kier alpha value is -7.39. The smallest absolute Gasteiger partial charge is 0.317 e. The molecule has 0 saturated carbocycles. The first-order valence-corrected chi connectivity index (χ1v) is 32.6. The minimum absolute atomic E-state index is 0.151. The molecule has 510 valence electrons. The molecule has 6 rings (SSSR count). The fraction of sp³-hybridized carbons (Fsp3) is 0.587. The molecule has 2 aromatic carbocycles. The van der Waals surface area contributed by atoms with Crippen LogP contribution in [0.2, 0.25) is 0 Å². The Bertz CT molecular complexity index is 3050. The zero-order valence-electron chi connectivity index (χ0n) is 53.2. The summed E-state index contributed by atoms with van der Waals surface area (Å²) in [5.74, 6) is -8.16. The van der Waals surface area contributed by atoms with Gasteiger partial charge in [-0.05, 0) is 130 Å². The predicted octanol–water partition coefficient (Wildman–Crippen LogP) is 2.00. The number of piperazine rings is 1. The molecule has 0 spiro atoms. The zero-order valence-corrected chi connectivity index (χ0v) is 55.4. The maximum atomic E-state index is 14.2. The van der Waals surface area contributed by atoms with Crippen LogP contribution in [-0.2, 0) is 44.8 Å². The number of hydrogen-bond acceptors (Lipinski definition) is 18. The monoisotopic (exact) mass is 1410 g/mol. The molecule has 7 N–H and O–H groups in total. The lowest BCUT2D eigenvalue weighted by Gasteiger charge is -2.36. The van der Waals surface area contributed by atoms with Crippen molar-refractivity contribution in [3.05, 3.63) is 69.4 Å². The van der Waals surface area contributed by atoms with Crippen molar-refractivity contribution >= 4 is 98.9 Å². The second kappa shape index (κ2) is 38.1. The van der Waals surface area contributed by atoms with Crippen LogP contribution in [-0.4, -0.2) is 289 Å². The molecule has 4 heterocycles. The Balaban J connectivity index is 0.995. The first kappa shape index (κ1) is 74.6. The molecule has 0 aliphatic carbocycles. The topological polar surface area (TPSA) is 332 Å². The lowest BCUT2D eigenvalue weighted by molar-refractivity contribution is -0.140. The molecule has 3 aromatic rings. The Morgan fingerprint density at radius 1 is 0.742 bits per heavy atom. The van der Waals surface area contributed by atoms with Crippen molar-refractivity contribution in [1.82, 2.24) is 60.6 Å². The van der Waals surface area contributed by atoms with Crippen LogP contribution in [0.4, 0.5) is 8.78 Å². The van der Waals surface area contributed by atoms with Gasteiger partial charge in [0.25, 0.3) is 11.8 Å². The third kappa shape index (κ3) is 26.5. The Kier molecular flexibility index (Phi) is 30.6. The fourth-order valence-corrected chi connectivity index (χ4v) is 11.6. The molecule has 3 saturated heterocycles. The number of aryl methyl sites for hydroxylation is 1. The number of nitrogens with zero attached hydrogens (tertiary/aromatic N) is 10. The van der Waals surface area contributed by atoms with Crippen molar-refractivity contribution in [3.63, 3.8) is 0 Å². The van der Waals surface area contributed by atoms with E-state index in [-0.39, 0.29) is 102 Å². The number of likely N-dealkylation sites (tertiary alicyclic amines) is 1. The van der Waals surface area contributed by atoms with Crippen LogP contribution in [0, 0.1) is 3.57 Å². The third-order valence-electron chi connectivity index (χ3n) is 16.2. The molecule has 0 unspecified atom stereocenters. The number of carbonyl (C=O) groups is 9. The van der Waals surface area contributed by atoms with Crippen LogP contribution in [0.25, 0.3) is 10.9 Å². The maximum Gasteiger partial charge on any atom is 0.317 e. The van der Waals surface area contributed by atoms with E-state index in [4.69, 9.17) is 4.74 Å². The van der Waals surface area contributed by atoms with Gasteiger partial charge in [0.15, 0.2) is 0 Å². The van der Waals surface area contributed by atoms with Crippen LogP contribution in [0.5, 0.6) is 5.75 Å². The molecule has 93 heavy (non-hydrogen) atoms. The summed E-state index contributed by atoms with van der Waals surface area (Å²) in [6, 6.07) is 11.9. The van der Waals surface area contributed by atoms with E-state index in [0.29, 0.717) is 93.9 Å². The predicted molar refractivity (Wildman–Crippen MR) is 352 cm³/mol. The fourth-order valence-electron chi connectivity index (χ4n) is 11.3. The molecular weight excluding hydrogens is 1330 g/mol. The number of halogens is 3. The van der Waals surface area contributed by atoms with E-state index in [1.165, 1.54) is 25.5 Å². The van der Waals surface area contributed by atoms with Crippen LogP contribution >= 0.6 is 22.6 Å². The molecule has 0 bridgehead atoms. The standard InChI is InChI=1S/C63H89F2IN14O13/c1-44(62(92)79-32-30-74(31-33-79)21-6-7-34-93-49-16-17-52-51(35-49)50(18-20-69-52)60(90)70-38-56(83)80-43-63(64,65)36-48(80)37-67-3)71-61(91)53(10-4-5-19-68-45(2)72-54(81)11-8-9-46-12-14-47(66)15-13-46)73-55(82)39-75-22-24-76(40-57(84)85)26-28-78(42-59(88)89)29-27-77(25-23-75)41-58(86)87/h12-18,20,35,37,44,48,53H,4-11,19,21-34,36,38-43H2,1-3H3,(H,70,90)(H,71,91)(H,73,82)(H,84,85)(H,86,87)(H,88,89)(H,68,72,81)/t44-,48+,53-/m0/s1.